The standard InChI is InChI=1S/C61H120N2O7/c1-8-13-17-33-44-56(45-34-18-14-9-2)68-59(64)50-39-29-23-21-27-37-48-58(70-61(66)63(54-43-52-62(6)7)53-41-31-25-26-32-42-55-67-12-5)49-38-28-22-24-30-40-51-60(65)69-57(46-35-19-15-10-3)47-36-20-16-11-4/h56-58H,8-55H2,1-7H3. The van der Waals surface area contributed by atoms with Crippen LogP contribution < -0.4 is 0 Å². The van der Waals surface area contributed by atoms with E-state index in [0.717, 1.165) is 200 Å². The lowest BCUT2D eigenvalue weighted by Gasteiger charge is -2.26. The number of carbonyl (C=O) groups is 3. The smallest absolute Gasteiger partial charge is 0.410 e. The summed E-state index contributed by atoms with van der Waals surface area (Å²) in [6.45, 7) is 15.1. The van der Waals surface area contributed by atoms with Crippen LogP contribution in [0.5, 0.6) is 0 Å². The molecule has 9 nitrogen and oxygen atoms in total. The molecule has 0 aromatic carbocycles. The van der Waals surface area contributed by atoms with Crippen LogP contribution in [-0.2, 0) is 28.5 Å². The molecule has 416 valence electrons. The van der Waals surface area contributed by atoms with E-state index in [0.29, 0.717) is 12.8 Å². The van der Waals surface area contributed by atoms with Crippen molar-refractivity contribution in [1.82, 2.24) is 9.80 Å². The summed E-state index contributed by atoms with van der Waals surface area (Å²) in [4.78, 5) is 43.7. The van der Waals surface area contributed by atoms with Gasteiger partial charge in [-0.05, 0) is 137 Å². The molecule has 0 rings (SSSR count). The second-order valence-electron chi connectivity index (χ2n) is 21.4. The Labute approximate surface area is 435 Å². The Kier molecular flexibility index (Phi) is 52.0. The molecule has 0 aromatic rings. The first-order chi connectivity index (χ1) is 34.2. The molecule has 0 saturated carbocycles. The van der Waals surface area contributed by atoms with E-state index in [1.54, 1.807) is 0 Å². The summed E-state index contributed by atoms with van der Waals surface area (Å²) in [7, 11) is 4.19. The van der Waals surface area contributed by atoms with Crippen LogP contribution in [0.15, 0.2) is 0 Å². The molecule has 9 heteroatoms. The average molecular weight is 994 g/mol. The van der Waals surface area contributed by atoms with Gasteiger partial charge >= 0.3 is 18.0 Å². The normalized spacial score (nSPS) is 11.7. The zero-order chi connectivity index (χ0) is 51.4. The maximum atomic E-state index is 13.9. The van der Waals surface area contributed by atoms with Gasteiger partial charge in [0.25, 0.3) is 0 Å². The van der Waals surface area contributed by atoms with Gasteiger partial charge in [0.2, 0.25) is 0 Å². The molecule has 0 atom stereocenters. The van der Waals surface area contributed by atoms with Crippen molar-refractivity contribution in [3.05, 3.63) is 0 Å². The van der Waals surface area contributed by atoms with Crippen molar-refractivity contribution in [3.8, 4) is 0 Å². The van der Waals surface area contributed by atoms with Gasteiger partial charge < -0.3 is 28.7 Å². The summed E-state index contributed by atoms with van der Waals surface area (Å²) in [5.74, 6) is -0.00974. The van der Waals surface area contributed by atoms with Crippen molar-refractivity contribution in [2.45, 2.75) is 329 Å². The minimum atomic E-state index is -0.132. The van der Waals surface area contributed by atoms with Crippen LogP contribution in [0.3, 0.4) is 0 Å². The number of unbranched alkanes of at least 4 members (excludes halogenated alkanes) is 27. The first kappa shape index (κ1) is 68.1. The summed E-state index contributed by atoms with van der Waals surface area (Å²) in [5, 5.41) is 0. The van der Waals surface area contributed by atoms with Crippen LogP contribution >= 0.6 is 0 Å². The highest BCUT2D eigenvalue weighted by Crippen LogP contribution is 2.22. The highest BCUT2D eigenvalue weighted by Gasteiger charge is 2.21. The van der Waals surface area contributed by atoms with Gasteiger partial charge in [-0.25, -0.2) is 4.79 Å². The molecular formula is C61H120N2O7. The van der Waals surface area contributed by atoms with Crippen molar-refractivity contribution < 1.29 is 33.3 Å². The minimum Gasteiger partial charge on any atom is -0.462 e. The molecule has 0 bridgehead atoms. The highest BCUT2D eigenvalue weighted by atomic mass is 16.6. The van der Waals surface area contributed by atoms with E-state index in [2.05, 4.69) is 53.6 Å². The molecule has 0 radical (unpaired) electrons. The molecule has 0 unspecified atom stereocenters. The van der Waals surface area contributed by atoms with Crippen molar-refractivity contribution >= 4 is 18.0 Å². The quantitative estimate of drug-likeness (QED) is 0.0338. The van der Waals surface area contributed by atoms with E-state index in [1.165, 1.54) is 96.3 Å². The van der Waals surface area contributed by atoms with Gasteiger partial charge in [0.1, 0.15) is 18.3 Å². The lowest BCUT2D eigenvalue weighted by Crippen LogP contribution is -2.37. The minimum absolute atomic E-state index is 0.00487. The van der Waals surface area contributed by atoms with Gasteiger partial charge in [0, 0.05) is 39.1 Å². The summed E-state index contributed by atoms with van der Waals surface area (Å²) >= 11 is 0. The summed E-state index contributed by atoms with van der Waals surface area (Å²) in [6, 6.07) is 0. The molecule has 0 heterocycles. The fourth-order valence-electron chi connectivity index (χ4n) is 9.62. The van der Waals surface area contributed by atoms with Gasteiger partial charge in [-0.15, -0.1) is 0 Å². The van der Waals surface area contributed by atoms with Gasteiger partial charge in [-0.2, -0.15) is 0 Å². The Morgan fingerprint density at radius 1 is 0.343 bits per heavy atom. The first-order valence-electron chi connectivity index (χ1n) is 30.8. The van der Waals surface area contributed by atoms with Crippen LogP contribution in [-0.4, -0.2) is 93.1 Å². The molecule has 0 spiro atoms. The maximum Gasteiger partial charge on any atom is 0.410 e. The molecule has 0 aliphatic rings. The van der Waals surface area contributed by atoms with E-state index in [4.69, 9.17) is 18.9 Å². The second kappa shape index (κ2) is 53.4. The zero-order valence-electron chi connectivity index (χ0n) is 47.9. The molecule has 0 fully saturated rings. The third-order valence-electron chi connectivity index (χ3n) is 14.2. The van der Waals surface area contributed by atoms with Crippen molar-refractivity contribution in [3.63, 3.8) is 0 Å². The Balaban J connectivity index is 5.10. The topological polar surface area (TPSA) is 94.6 Å². The monoisotopic (exact) mass is 993 g/mol. The van der Waals surface area contributed by atoms with Crippen LogP contribution in [0.25, 0.3) is 0 Å². The van der Waals surface area contributed by atoms with E-state index in [1.807, 2.05) is 4.90 Å². The van der Waals surface area contributed by atoms with Crippen molar-refractivity contribution in [2.24, 2.45) is 0 Å². The number of ether oxygens (including phenoxy) is 4. The Morgan fingerprint density at radius 2 is 0.657 bits per heavy atom. The number of hydrogen-bond acceptors (Lipinski definition) is 8. The molecule has 0 aliphatic carbocycles. The van der Waals surface area contributed by atoms with Gasteiger partial charge in [-0.3, -0.25) is 9.59 Å². The molecule has 0 saturated heterocycles. The number of hydrogen-bond donors (Lipinski definition) is 0. The molecular weight excluding hydrogens is 873 g/mol. The van der Waals surface area contributed by atoms with Crippen LogP contribution in [0.1, 0.15) is 311 Å². The summed E-state index contributed by atoms with van der Waals surface area (Å²) in [6.07, 6.45) is 47.0. The molecule has 0 aliphatic heterocycles. The van der Waals surface area contributed by atoms with E-state index >= 15 is 0 Å². The Hall–Kier alpha value is -1.87. The van der Waals surface area contributed by atoms with Crippen LogP contribution in [0.4, 0.5) is 4.79 Å². The second-order valence-corrected chi connectivity index (χ2v) is 21.4. The lowest BCUT2D eigenvalue weighted by molar-refractivity contribution is -0.151. The molecule has 70 heavy (non-hydrogen) atoms. The fraction of sp³-hybridized carbons (Fsp3) is 0.951. The molecule has 1 amide bonds. The molecule has 0 N–H and O–H groups in total. The number of esters is 2. The Bertz CT molecular complexity index is 1040. The lowest BCUT2D eigenvalue weighted by atomic mass is 10.0. The summed E-state index contributed by atoms with van der Waals surface area (Å²) < 4.78 is 24.0. The third kappa shape index (κ3) is 47.2. The predicted molar refractivity (Wildman–Crippen MR) is 298 cm³/mol. The number of rotatable bonds is 55. The van der Waals surface area contributed by atoms with Gasteiger partial charge in [-0.1, -0.05) is 182 Å². The van der Waals surface area contributed by atoms with Crippen molar-refractivity contribution in [1.29, 1.82) is 0 Å². The predicted octanol–water partition coefficient (Wildman–Crippen LogP) is 18.1. The highest BCUT2D eigenvalue weighted by molar-refractivity contribution is 5.70. The van der Waals surface area contributed by atoms with Gasteiger partial charge in [0.05, 0.1) is 0 Å². The van der Waals surface area contributed by atoms with Crippen molar-refractivity contribution in [2.75, 3.05) is 46.9 Å². The largest absolute Gasteiger partial charge is 0.462 e. The molecule has 0 aromatic heterocycles. The average Bonchev–Trinajstić information content (AvgIpc) is 3.34. The summed E-state index contributed by atoms with van der Waals surface area (Å²) in [5.41, 5.74) is 0. The third-order valence-corrected chi connectivity index (χ3v) is 14.2. The van der Waals surface area contributed by atoms with Crippen LogP contribution in [0.2, 0.25) is 0 Å². The first-order valence-corrected chi connectivity index (χ1v) is 30.8. The maximum absolute atomic E-state index is 13.9. The number of amides is 1. The van der Waals surface area contributed by atoms with E-state index < -0.39 is 0 Å². The van der Waals surface area contributed by atoms with Gasteiger partial charge in [0.15, 0.2) is 0 Å². The van der Waals surface area contributed by atoms with Crippen LogP contribution in [0, 0.1) is 0 Å². The SMILES string of the molecule is CCCCCCC(CCCCCC)OC(=O)CCCCCCCCC(CCCCCCCCC(=O)OC(CCCCCC)CCCCCC)OC(=O)N(CCCCCCCCOCC)CCCN(C)C. The van der Waals surface area contributed by atoms with E-state index in [-0.39, 0.29) is 36.3 Å². The zero-order valence-corrected chi connectivity index (χ0v) is 47.9. The fourth-order valence-corrected chi connectivity index (χ4v) is 9.62. The Morgan fingerprint density at radius 3 is 1.03 bits per heavy atom. The van der Waals surface area contributed by atoms with E-state index in [9.17, 15) is 14.4 Å². The number of nitrogens with zero attached hydrogens (tertiary/aromatic N) is 2. The number of carbonyl (C=O) groups excluding carboxylic acids is 3.